The summed E-state index contributed by atoms with van der Waals surface area (Å²) in [5.41, 5.74) is 1.65. The molecule has 0 aliphatic carbocycles. The number of hydrogen-bond donors (Lipinski definition) is 0. The third kappa shape index (κ3) is 2.38. The molecule has 2 nitrogen and oxygen atoms in total. The molecule has 1 saturated heterocycles. The van der Waals surface area contributed by atoms with E-state index in [1.54, 1.807) is 6.07 Å². The first kappa shape index (κ1) is 11.9. The van der Waals surface area contributed by atoms with E-state index in [1.165, 1.54) is 0 Å². The zero-order valence-corrected chi connectivity index (χ0v) is 11.2. The minimum absolute atomic E-state index is 0.128. The zero-order valence-electron chi connectivity index (χ0n) is 9.63. The smallest absolute Gasteiger partial charge is 0.147 e. The molecule has 0 spiro atoms. The van der Waals surface area contributed by atoms with Gasteiger partial charge in [-0.1, -0.05) is 0 Å². The van der Waals surface area contributed by atoms with Gasteiger partial charge in [0.05, 0.1) is 5.69 Å². The van der Waals surface area contributed by atoms with Crippen LogP contribution in [-0.2, 0) is 0 Å². The van der Waals surface area contributed by atoms with Crippen molar-refractivity contribution in [2.45, 2.75) is 6.92 Å². The molecule has 4 heteroatoms. The molecule has 0 amide bonds. The molecule has 88 valence electrons. The highest BCUT2D eigenvalue weighted by atomic mass is 79.9. The van der Waals surface area contributed by atoms with Crippen LogP contribution in [0.3, 0.4) is 0 Å². The highest BCUT2D eigenvalue weighted by Crippen LogP contribution is 2.31. The number of benzene rings is 1. The fourth-order valence-electron chi connectivity index (χ4n) is 2.02. The van der Waals surface area contributed by atoms with Crippen molar-refractivity contribution in [2.24, 2.45) is 0 Å². The molecule has 1 aliphatic rings. The maximum atomic E-state index is 13.9. The summed E-state index contributed by atoms with van der Waals surface area (Å²) in [7, 11) is 2.10. The Morgan fingerprint density at radius 1 is 1.19 bits per heavy atom. The van der Waals surface area contributed by atoms with Gasteiger partial charge in [0.2, 0.25) is 0 Å². The molecule has 1 fully saturated rings. The number of anilines is 1. The maximum absolute atomic E-state index is 13.9. The molecule has 0 radical (unpaired) electrons. The number of likely N-dealkylation sites (N-methyl/N-ethyl adjacent to an activating group) is 1. The number of hydrogen-bond acceptors (Lipinski definition) is 2. The SMILES string of the molecule is Cc1cc(F)c(N2CCN(C)CC2)c(Br)c1. The van der Waals surface area contributed by atoms with Crippen LogP contribution in [0.25, 0.3) is 0 Å². The van der Waals surface area contributed by atoms with Gasteiger partial charge < -0.3 is 9.80 Å². The third-order valence-corrected chi connectivity index (χ3v) is 3.59. The molecule has 0 unspecified atom stereocenters. The van der Waals surface area contributed by atoms with Crippen LogP contribution in [0.1, 0.15) is 5.56 Å². The van der Waals surface area contributed by atoms with Crippen LogP contribution in [-0.4, -0.2) is 38.1 Å². The van der Waals surface area contributed by atoms with Crippen molar-refractivity contribution in [1.29, 1.82) is 0 Å². The van der Waals surface area contributed by atoms with E-state index in [-0.39, 0.29) is 5.82 Å². The number of aryl methyl sites for hydroxylation is 1. The van der Waals surface area contributed by atoms with Gasteiger partial charge in [0.25, 0.3) is 0 Å². The normalized spacial score (nSPS) is 17.9. The third-order valence-electron chi connectivity index (χ3n) is 2.98. The highest BCUT2D eigenvalue weighted by molar-refractivity contribution is 9.10. The minimum atomic E-state index is -0.128. The first-order valence-corrected chi connectivity index (χ1v) is 6.26. The molecular formula is C12H16BrFN2. The quantitative estimate of drug-likeness (QED) is 0.783. The largest absolute Gasteiger partial charge is 0.366 e. The Labute approximate surface area is 104 Å². The second-order valence-electron chi connectivity index (χ2n) is 4.37. The van der Waals surface area contributed by atoms with Crippen molar-refractivity contribution in [3.05, 3.63) is 28.0 Å². The summed E-state index contributed by atoms with van der Waals surface area (Å²) in [4.78, 5) is 4.37. The van der Waals surface area contributed by atoms with E-state index in [4.69, 9.17) is 0 Å². The second-order valence-corrected chi connectivity index (χ2v) is 5.22. The number of nitrogens with zero attached hydrogens (tertiary/aromatic N) is 2. The lowest BCUT2D eigenvalue weighted by atomic mass is 10.2. The van der Waals surface area contributed by atoms with Crippen LogP contribution in [0.5, 0.6) is 0 Å². The van der Waals surface area contributed by atoms with Crippen LogP contribution >= 0.6 is 15.9 Å². The molecule has 1 aromatic carbocycles. The molecule has 0 atom stereocenters. The lowest BCUT2D eigenvalue weighted by Crippen LogP contribution is -2.45. The van der Waals surface area contributed by atoms with E-state index in [0.717, 1.165) is 36.2 Å². The highest BCUT2D eigenvalue weighted by Gasteiger charge is 2.19. The van der Waals surface area contributed by atoms with E-state index >= 15 is 0 Å². The predicted octanol–water partition coefficient (Wildman–Crippen LogP) is 2.65. The summed E-state index contributed by atoms with van der Waals surface area (Å²) < 4.78 is 14.8. The number of rotatable bonds is 1. The van der Waals surface area contributed by atoms with Crippen LogP contribution in [0.4, 0.5) is 10.1 Å². The lowest BCUT2D eigenvalue weighted by Gasteiger charge is -2.34. The molecule has 1 aliphatic heterocycles. The van der Waals surface area contributed by atoms with E-state index < -0.39 is 0 Å². The Morgan fingerprint density at radius 3 is 2.38 bits per heavy atom. The lowest BCUT2D eigenvalue weighted by molar-refractivity contribution is 0.311. The standard InChI is InChI=1S/C12H16BrFN2/c1-9-7-10(13)12(11(14)8-9)16-5-3-15(2)4-6-16/h7-8H,3-6H2,1-2H3. The predicted molar refractivity (Wildman–Crippen MR) is 68.5 cm³/mol. The van der Waals surface area contributed by atoms with Gasteiger partial charge in [-0.15, -0.1) is 0 Å². The van der Waals surface area contributed by atoms with Crippen molar-refractivity contribution in [3.63, 3.8) is 0 Å². The zero-order chi connectivity index (χ0) is 11.7. The Hall–Kier alpha value is -0.610. The monoisotopic (exact) mass is 286 g/mol. The number of piperazine rings is 1. The molecule has 0 saturated carbocycles. The van der Waals surface area contributed by atoms with E-state index in [2.05, 4.69) is 32.8 Å². The Morgan fingerprint density at radius 2 is 1.81 bits per heavy atom. The van der Waals surface area contributed by atoms with Gasteiger partial charge in [0.1, 0.15) is 5.82 Å². The van der Waals surface area contributed by atoms with Gasteiger partial charge in [-0.2, -0.15) is 0 Å². The van der Waals surface area contributed by atoms with Crippen LogP contribution in [0, 0.1) is 12.7 Å². The van der Waals surface area contributed by atoms with E-state index in [0.29, 0.717) is 5.69 Å². The van der Waals surface area contributed by atoms with Crippen molar-refractivity contribution in [3.8, 4) is 0 Å². The summed E-state index contributed by atoms with van der Waals surface area (Å²) in [6.07, 6.45) is 0. The molecule has 16 heavy (non-hydrogen) atoms. The summed E-state index contributed by atoms with van der Waals surface area (Å²) in [5.74, 6) is -0.128. The van der Waals surface area contributed by atoms with Gasteiger partial charge in [0, 0.05) is 30.7 Å². The van der Waals surface area contributed by atoms with Gasteiger partial charge in [-0.25, -0.2) is 4.39 Å². The maximum Gasteiger partial charge on any atom is 0.147 e. The fourth-order valence-corrected chi connectivity index (χ4v) is 2.83. The van der Waals surface area contributed by atoms with Crippen molar-refractivity contribution < 1.29 is 4.39 Å². The molecule has 0 N–H and O–H groups in total. The average Bonchev–Trinajstić information content (AvgIpc) is 2.19. The van der Waals surface area contributed by atoms with Gasteiger partial charge >= 0.3 is 0 Å². The molecular weight excluding hydrogens is 271 g/mol. The Balaban J connectivity index is 2.26. The summed E-state index contributed by atoms with van der Waals surface area (Å²) in [5, 5.41) is 0. The minimum Gasteiger partial charge on any atom is -0.366 e. The molecule has 0 aromatic heterocycles. The summed E-state index contributed by atoms with van der Waals surface area (Å²) >= 11 is 3.45. The van der Waals surface area contributed by atoms with Crippen LogP contribution in [0.15, 0.2) is 16.6 Å². The fraction of sp³-hybridized carbons (Fsp3) is 0.500. The van der Waals surface area contributed by atoms with Crippen LogP contribution < -0.4 is 4.90 Å². The van der Waals surface area contributed by atoms with E-state index in [1.807, 2.05) is 13.0 Å². The Bertz CT molecular complexity index is 364. The van der Waals surface area contributed by atoms with Gasteiger partial charge in [-0.05, 0) is 47.6 Å². The van der Waals surface area contributed by atoms with E-state index in [9.17, 15) is 4.39 Å². The summed E-state index contributed by atoms with van der Waals surface area (Å²) in [6.45, 7) is 5.64. The number of halogens is 2. The van der Waals surface area contributed by atoms with Crippen molar-refractivity contribution in [2.75, 3.05) is 38.1 Å². The van der Waals surface area contributed by atoms with Gasteiger partial charge in [0.15, 0.2) is 0 Å². The average molecular weight is 287 g/mol. The van der Waals surface area contributed by atoms with Crippen molar-refractivity contribution in [1.82, 2.24) is 4.90 Å². The first-order valence-electron chi connectivity index (χ1n) is 5.47. The Kier molecular flexibility index (Phi) is 3.50. The topological polar surface area (TPSA) is 6.48 Å². The molecule has 1 heterocycles. The second kappa shape index (κ2) is 4.72. The molecule has 1 aromatic rings. The van der Waals surface area contributed by atoms with Crippen LogP contribution in [0.2, 0.25) is 0 Å². The molecule has 2 rings (SSSR count). The first-order chi connectivity index (χ1) is 7.58. The molecule has 0 bridgehead atoms. The summed E-state index contributed by atoms with van der Waals surface area (Å²) in [6, 6.07) is 3.56. The van der Waals surface area contributed by atoms with Crippen molar-refractivity contribution >= 4 is 21.6 Å². The van der Waals surface area contributed by atoms with Gasteiger partial charge in [-0.3, -0.25) is 0 Å².